The first-order valence-corrected chi connectivity index (χ1v) is 11.4. The van der Waals surface area contributed by atoms with Gasteiger partial charge in [-0.15, -0.1) is 0 Å². The molecule has 0 aliphatic heterocycles. The number of benzene rings is 2. The summed E-state index contributed by atoms with van der Waals surface area (Å²) < 4.78 is 5.69. The molecule has 2 aromatic rings. The maximum absolute atomic E-state index is 13.2. The molecule has 0 unspecified atom stereocenters. The zero-order valence-corrected chi connectivity index (χ0v) is 19.0. The Morgan fingerprint density at radius 3 is 2.35 bits per heavy atom. The molecule has 0 saturated heterocycles. The number of hydrogen-bond acceptors (Lipinski definition) is 3. The molecule has 1 fully saturated rings. The Hall–Kier alpha value is -2.53. The van der Waals surface area contributed by atoms with Crippen molar-refractivity contribution in [1.29, 1.82) is 0 Å². The lowest BCUT2D eigenvalue weighted by molar-refractivity contribution is -0.143. The van der Waals surface area contributed by atoms with E-state index in [1.807, 2.05) is 38.1 Å². The van der Waals surface area contributed by atoms with E-state index in [4.69, 9.17) is 16.3 Å². The van der Waals surface area contributed by atoms with E-state index in [0.29, 0.717) is 23.7 Å². The SMILES string of the molecule is CC[C@H](C(=O)NC1CCCC1)N(Cc1ccc(C)cc1)C(=O)COc1ccc(Cl)cc1. The molecule has 1 aliphatic rings. The molecule has 2 amide bonds. The van der Waals surface area contributed by atoms with Crippen LogP contribution < -0.4 is 10.1 Å². The summed E-state index contributed by atoms with van der Waals surface area (Å²) in [6.45, 7) is 4.19. The van der Waals surface area contributed by atoms with Crippen LogP contribution in [0.3, 0.4) is 0 Å². The Kier molecular flexibility index (Phi) is 8.35. The first-order chi connectivity index (χ1) is 15.0. The van der Waals surface area contributed by atoms with Crippen LogP contribution in [-0.2, 0) is 16.1 Å². The standard InChI is InChI=1S/C25H31ClN2O3/c1-3-23(25(30)27-21-6-4-5-7-21)28(16-19-10-8-18(2)9-11-19)24(29)17-31-22-14-12-20(26)13-15-22/h8-15,21,23H,3-7,16-17H2,1-2H3,(H,27,30)/t23-/m1/s1. The van der Waals surface area contributed by atoms with Gasteiger partial charge in [-0.1, -0.05) is 61.2 Å². The predicted molar refractivity (Wildman–Crippen MR) is 123 cm³/mol. The molecule has 0 bridgehead atoms. The van der Waals surface area contributed by atoms with Crippen LogP contribution in [0.15, 0.2) is 48.5 Å². The molecule has 5 nitrogen and oxygen atoms in total. The molecule has 1 saturated carbocycles. The molecule has 31 heavy (non-hydrogen) atoms. The second-order valence-corrected chi connectivity index (χ2v) is 8.60. The highest BCUT2D eigenvalue weighted by Crippen LogP contribution is 2.20. The number of aryl methyl sites for hydroxylation is 1. The minimum Gasteiger partial charge on any atom is -0.484 e. The van der Waals surface area contributed by atoms with E-state index in [1.54, 1.807) is 29.2 Å². The minimum absolute atomic E-state index is 0.0821. The van der Waals surface area contributed by atoms with Crippen molar-refractivity contribution in [2.45, 2.75) is 64.6 Å². The number of nitrogens with zero attached hydrogens (tertiary/aromatic N) is 1. The number of ether oxygens (including phenoxy) is 1. The van der Waals surface area contributed by atoms with Crippen molar-refractivity contribution in [3.63, 3.8) is 0 Å². The Balaban J connectivity index is 1.74. The molecule has 0 aromatic heterocycles. The van der Waals surface area contributed by atoms with Gasteiger partial charge in [-0.05, 0) is 56.0 Å². The Bertz CT molecular complexity index is 861. The van der Waals surface area contributed by atoms with Gasteiger partial charge in [0.25, 0.3) is 5.91 Å². The topological polar surface area (TPSA) is 58.6 Å². The summed E-state index contributed by atoms with van der Waals surface area (Å²) >= 11 is 5.92. The molecule has 2 aromatic carbocycles. The van der Waals surface area contributed by atoms with Gasteiger partial charge in [0.1, 0.15) is 11.8 Å². The van der Waals surface area contributed by atoms with Gasteiger partial charge in [-0.2, -0.15) is 0 Å². The molecule has 1 atom stereocenters. The Morgan fingerprint density at radius 1 is 1.10 bits per heavy atom. The molecule has 0 heterocycles. The molecule has 0 radical (unpaired) electrons. The van der Waals surface area contributed by atoms with Crippen molar-refractivity contribution >= 4 is 23.4 Å². The van der Waals surface area contributed by atoms with Gasteiger partial charge in [0.05, 0.1) is 0 Å². The van der Waals surface area contributed by atoms with Crippen molar-refractivity contribution in [3.8, 4) is 5.75 Å². The summed E-state index contributed by atoms with van der Waals surface area (Å²) in [7, 11) is 0. The fourth-order valence-corrected chi connectivity index (χ4v) is 4.06. The zero-order chi connectivity index (χ0) is 22.2. The van der Waals surface area contributed by atoms with Crippen molar-refractivity contribution in [3.05, 3.63) is 64.7 Å². The summed E-state index contributed by atoms with van der Waals surface area (Å²) in [5.74, 6) is 0.266. The van der Waals surface area contributed by atoms with E-state index >= 15 is 0 Å². The predicted octanol–water partition coefficient (Wildman–Crippen LogP) is 4.89. The van der Waals surface area contributed by atoms with Crippen LogP contribution in [0.2, 0.25) is 5.02 Å². The number of amides is 2. The highest BCUT2D eigenvalue weighted by atomic mass is 35.5. The van der Waals surface area contributed by atoms with Gasteiger partial charge in [-0.3, -0.25) is 9.59 Å². The maximum atomic E-state index is 13.2. The first kappa shape index (κ1) is 23.1. The van der Waals surface area contributed by atoms with E-state index in [2.05, 4.69) is 5.32 Å². The second-order valence-electron chi connectivity index (χ2n) is 8.16. The number of halogens is 1. The summed E-state index contributed by atoms with van der Waals surface area (Å²) in [5, 5.41) is 3.76. The van der Waals surface area contributed by atoms with Crippen molar-refractivity contribution in [2.24, 2.45) is 0 Å². The average Bonchev–Trinajstić information content (AvgIpc) is 3.27. The molecular weight excluding hydrogens is 412 g/mol. The molecule has 0 spiro atoms. The summed E-state index contributed by atoms with van der Waals surface area (Å²) in [4.78, 5) is 27.9. The Morgan fingerprint density at radius 2 is 1.74 bits per heavy atom. The normalized spacial score (nSPS) is 14.8. The van der Waals surface area contributed by atoms with Crippen LogP contribution in [0.1, 0.15) is 50.2 Å². The summed E-state index contributed by atoms with van der Waals surface area (Å²) in [5.41, 5.74) is 2.14. The van der Waals surface area contributed by atoms with E-state index in [-0.39, 0.29) is 24.5 Å². The summed E-state index contributed by atoms with van der Waals surface area (Å²) in [6, 6.07) is 14.6. The highest BCUT2D eigenvalue weighted by Gasteiger charge is 2.30. The van der Waals surface area contributed by atoms with Gasteiger partial charge in [0, 0.05) is 17.6 Å². The molecule has 166 valence electrons. The van der Waals surface area contributed by atoms with Crippen molar-refractivity contribution in [1.82, 2.24) is 10.2 Å². The smallest absolute Gasteiger partial charge is 0.261 e. The monoisotopic (exact) mass is 442 g/mol. The van der Waals surface area contributed by atoms with E-state index in [0.717, 1.165) is 36.8 Å². The molecule has 1 aliphatic carbocycles. The third-order valence-corrected chi connectivity index (χ3v) is 5.99. The van der Waals surface area contributed by atoms with Crippen LogP contribution in [0.4, 0.5) is 0 Å². The van der Waals surface area contributed by atoms with Crippen LogP contribution in [0.25, 0.3) is 0 Å². The maximum Gasteiger partial charge on any atom is 0.261 e. The molecule has 6 heteroatoms. The number of rotatable bonds is 9. The summed E-state index contributed by atoms with van der Waals surface area (Å²) in [6.07, 6.45) is 4.84. The van der Waals surface area contributed by atoms with E-state index in [1.165, 1.54) is 0 Å². The molecular formula is C25H31ClN2O3. The van der Waals surface area contributed by atoms with Gasteiger partial charge in [0.2, 0.25) is 5.91 Å². The quantitative estimate of drug-likeness (QED) is 0.601. The Labute approximate surface area is 189 Å². The molecule has 3 rings (SSSR count). The molecule has 1 N–H and O–H groups in total. The average molecular weight is 443 g/mol. The second kappa shape index (κ2) is 11.2. The lowest BCUT2D eigenvalue weighted by Crippen LogP contribution is -2.52. The number of hydrogen-bond donors (Lipinski definition) is 1. The van der Waals surface area contributed by atoms with Crippen LogP contribution >= 0.6 is 11.6 Å². The van der Waals surface area contributed by atoms with Crippen molar-refractivity contribution in [2.75, 3.05) is 6.61 Å². The third kappa shape index (κ3) is 6.73. The van der Waals surface area contributed by atoms with Crippen LogP contribution in [0.5, 0.6) is 5.75 Å². The highest BCUT2D eigenvalue weighted by molar-refractivity contribution is 6.30. The number of nitrogens with one attached hydrogen (secondary N) is 1. The van der Waals surface area contributed by atoms with Gasteiger partial charge in [-0.25, -0.2) is 0 Å². The zero-order valence-electron chi connectivity index (χ0n) is 18.3. The van der Waals surface area contributed by atoms with Gasteiger partial charge >= 0.3 is 0 Å². The third-order valence-electron chi connectivity index (χ3n) is 5.74. The van der Waals surface area contributed by atoms with Crippen LogP contribution in [-0.4, -0.2) is 35.4 Å². The van der Waals surface area contributed by atoms with E-state index in [9.17, 15) is 9.59 Å². The van der Waals surface area contributed by atoms with Crippen LogP contribution in [0, 0.1) is 6.92 Å². The van der Waals surface area contributed by atoms with Crippen molar-refractivity contribution < 1.29 is 14.3 Å². The minimum atomic E-state index is -0.539. The lowest BCUT2D eigenvalue weighted by atomic mass is 10.1. The van der Waals surface area contributed by atoms with Gasteiger partial charge < -0.3 is 15.0 Å². The first-order valence-electron chi connectivity index (χ1n) is 11.0. The van der Waals surface area contributed by atoms with E-state index < -0.39 is 6.04 Å². The fourth-order valence-electron chi connectivity index (χ4n) is 3.94. The number of carbonyl (C=O) groups is 2. The lowest BCUT2D eigenvalue weighted by Gasteiger charge is -2.31. The largest absolute Gasteiger partial charge is 0.484 e. The van der Waals surface area contributed by atoms with Gasteiger partial charge in [0.15, 0.2) is 6.61 Å². The fraction of sp³-hybridized carbons (Fsp3) is 0.440. The number of carbonyl (C=O) groups excluding carboxylic acids is 2.